The second-order valence-electron chi connectivity index (χ2n) is 5.40. The number of nitrogens with zero attached hydrogens (tertiary/aromatic N) is 3. The molecule has 2 amide bonds. The van der Waals surface area contributed by atoms with Crippen molar-refractivity contribution in [2.45, 2.75) is 26.8 Å². The summed E-state index contributed by atoms with van der Waals surface area (Å²) >= 11 is 6.08. The first-order chi connectivity index (χ1) is 10.5. The molecular weight excluding hydrogens is 300 g/mol. The summed E-state index contributed by atoms with van der Waals surface area (Å²) in [5, 5.41) is 3.57. The fraction of sp³-hybridized carbons (Fsp3) is 0.312. The lowest BCUT2D eigenvalue weighted by atomic mass is 10.1. The van der Waals surface area contributed by atoms with Crippen molar-refractivity contribution in [1.82, 2.24) is 14.9 Å². The number of aryl methyl sites for hydroxylation is 1. The van der Waals surface area contributed by atoms with Gasteiger partial charge in [0, 0.05) is 35.4 Å². The van der Waals surface area contributed by atoms with Crippen molar-refractivity contribution in [3.8, 4) is 0 Å². The zero-order valence-electron chi connectivity index (χ0n) is 12.6. The summed E-state index contributed by atoms with van der Waals surface area (Å²) in [5.41, 5.74) is 3.66. The monoisotopic (exact) mass is 316 g/mol. The second-order valence-corrected chi connectivity index (χ2v) is 5.81. The van der Waals surface area contributed by atoms with E-state index in [0.717, 1.165) is 34.8 Å². The molecule has 0 unspecified atom stereocenters. The molecule has 0 radical (unpaired) electrons. The number of carbonyl (C=O) groups excluding carboxylic acids is 1. The number of benzene rings is 1. The highest BCUT2D eigenvalue weighted by Crippen LogP contribution is 2.24. The van der Waals surface area contributed by atoms with Crippen molar-refractivity contribution in [2.24, 2.45) is 0 Å². The molecule has 0 spiro atoms. The number of anilines is 1. The minimum Gasteiger partial charge on any atom is -0.320 e. The van der Waals surface area contributed by atoms with E-state index in [1.54, 1.807) is 4.90 Å². The minimum atomic E-state index is -0.128. The van der Waals surface area contributed by atoms with Gasteiger partial charge in [0.1, 0.15) is 5.82 Å². The van der Waals surface area contributed by atoms with Crippen molar-refractivity contribution in [3.05, 3.63) is 52.1 Å². The van der Waals surface area contributed by atoms with Gasteiger partial charge in [0.15, 0.2) is 0 Å². The molecule has 1 aromatic heterocycles. The standard InChI is InChI=1S/C16H17ClN4O/c1-10-13(17)4-3-5-14(10)20-16(22)21-7-6-15-12(9-21)8-18-11(2)19-15/h3-5,8H,6-7,9H2,1-2H3,(H,20,22). The van der Waals surface area contributed by atoms with E-state index in [2.05, 4.69) is 15.3 Å². The van der Waals surface area contributed by atoms with E-state index >= 15 is 0 Å². The van der Waals surface area contributed by atoms with Gasteiger partial charge < -0.3 is 10.2 Å². The lowest BCUT2D eigenvalue weighted by Gasteiger charge is -2.28. The summed E-state index contributed by atoms with van der Waals surface area (Å²) in [4.78, 5) is 22.8. The molecule has 3 rings (SSSR count). The van der Waals surface area contributed by atoms with Crippen LogP contribution < -0.4 is 5.32 Å². The minimum absolute atomic E-state index is 0.128. The molecule has 1 aliphatic rings. The van der Waals surface area contributed by atoms with Crippen molar-refractivity contribution in [1.29, 1.82) is 0 Å². The number of rotatable bonds is 1. The number of halogens is 1. The molecule has 0 saturated heterocycles. The van der Waals surface area contributed by atoms with Crippen molar-refractivity contribution in [3.63, 3.8) is 0 Å². The van der Waals surface area contributed by atoms with Crippen LogP contribution in [0.2, 0.25) is 5.02 Å². The van der Waals surface area contributed by atoms with Gasteiger partial charge in [-0.15, -0.1) is 0 Å². The SMILES string of the molecule is Cc1ncc2c(n1)CCN(C(=O)Nc1cccc(Cl)c1C)C2. The Bertz CT molecular complexity index is 732. The van der Waals surface area contributed by atoms with Crippen LogP contribution in [0, 0.1) is 13.8 Å². The average molecular weight is 317 g/mol. The molecule has 22 heavy (non-hydrogen) atoms. The van der Waals surface area contributed by atoms with Crippen molar-refractivity contribution >= 4 is 23.3 Å². The van der Waals surface area contributed by atoms with Gasteiger partial charge in [0.2, 0.25) is 0 Å². The van der Waals surface area contributed by atoms with Crippen LogP contribution in [-0.4, -0.2) is 27.4 Å². The smallest absolute Gasteiger partial charge is 0.320 e. The van der Waals surface area contributed by atoms with Crippen molar-refractivity contribution < 1.29 is 4.79 Å². The molecule has 0 aliphatic carbocycles. The van der Waals surface area contributed by atoms with Gasteiger partial charge in [0.05, 0.1) is 12.2 Å². The maximum absolute atomic E-state index is 12.4. The molecule has 1 aliphatic heterocycles. The van der Waals surface area contributed by atoms with Crippen LogP contribution in [0.5, 0.6) is 0 Å². The van der Waals surface area contributed by atoms with E-state index in [1.807, 2.05) is 38.2 Å². The van der Waals surface area contributed by atoms with E-state index < -0.39 is 0 Å². The Kier molecular flexibility index (Phi) is 3.98. The summed E-state index contributed by atoms with van der Waals surface area (Å²) in [5.74, 6) is 0.770. The summed E-state index contributed by atoms with van der Waals surface area (Å²) in [6, 6.07) is 5.36. The summed E-state index contributed by atoms with van der Waals surface area (Å²) < 4.78 is 0. The zero-order valence-corrected chi connectivity index (χ0v) is 13.3. The van der Waals surface area contributed by atoms with Crippen molar-refractivity contribution in [2.75, 3.05) is 11.9 Å². The number of fused-ring (bicyclic) bond motifs is 1. The van der Waals surface area contributed by atoms with Gasteiger partial charge in [-0.1, -0.05) is 17.7 Å². The van der Waals surface area contributed by atoms with Gasteiger partial charge in [0.25, 0.3) is 0 Å². The lowest BCUT2D eigenvalue weighted by Crippen LogP contribution is -2.39. The normalized spacial score (nSPS) is 13.7. The Morgan fingerprint density at radius 1 is 1.36 bits per heavy atom. The molecule has 0 saturated carbocycles. The van der Waals surface area contributed by atoms with Crippen LogP contribution >= 0.6 is 11.6 Å². The Morgan fingerprint density at radius 2 is 2.18 bits per heavy atom. The zero-order chi connectivity index (χ0) is 15.7. The molecular formula is C16H17ClN4O. The number of amides is 2. The summed E-state index contributed by atoms with van der Waals surface area (Å²) in [6.07, 6.45) is 2.56. The molecule has 6 heteroatoms. The topological polar surface area (TPSA) is 58.1 Å². The third kappa shape index (κ3) is 2.90. The van der Waals surface area contributed by atoms with Crippen LogP contribution in [0.15, 0.2) is 24.4 Å². The summed E-state index contributed by atoms with van der Waals surface area (Å²) in [6.45, 7) is 4.94. The van der Waals surface area contributed by atoms with E-state index in [9.17, 15) is 4.79 Å². The number of hydrogen-bond acceptors (Lipinski definition) is 3. The van der Waals surface area contributed by atoms with E-state index in [1.165, 1.54) is 0 Å². The maximum Gasteiger partial charge on any atom is 0.322 e. The van der Waals surface area contributed by atoms with Crippen LogP contribution in [0.3, 0.4) is 0 Å². The van der Waals surface area contributed by atoms with Crippen LogP contribution in [0.4, 0.5) is 10.5 Å². The number of carbonyl (C=O) groups is 1. The summed E-state index contributed by atoms with van der Waals surface area (Å²) in [7, 11) is 0. The number of nitrogens with one attached hydrogen (secondary N) is 1. The van der Waals surface area contributed by atoms with Crippen LogP contribution in [-0.2, 0) is 13.0 Å². The Morgan fingerprint density at radius 3 is 3.00 bits per heavy atom. The Labute approximate surface area is 134 Å². The molecule has 114 valence electrons. The molecule has 0 atom stereocenters. The third-order valence-electron chi connectivity index (χ3n) is 3.85. The molecule has 0 fully saturated rings. The molecule has 5 nitrogen and oxygen atoms in total. The predicted molar refractivity (Wildman–Crippen MR) is 86.1 cm³/mol. The van der Waals surface area contributed by atoms with E-state index in [0.29, 0.717) is 18.1 Å². The highest BCUT2D eigenvalue weighted by molar-refractivity contribution is 6.31. The van der Waals surface area contributed by atoms with Gasteiger partial charge in [-0.25, -0.2) is 14.8 Å². The molecule has 1 N–H and O–H groups in total. The Hall–Kier alpha value is -2.14. The fourth-order valence-electron chi connectivity index (χ4n) is 2.53. The first-order valence-corrected chi connectivity index (χ1v) is 7.55. The molecule has 2 heterocycles. The first-order valence-electron chi connectivity index (χ1n) is 7.17. The first kappa shape index (κ1) is 14.8. The van der Waals surface area contributed by atoms with E-state index in [4.69, 9.17) is 11.6 Å². The van der Waals surface area contributed by atoms with Crippen LogP contribution in [0.25, 0.3) is 0 Å². The highest BCUT2D eigenvalue weighted by atomic mass is 35.5. The second kappa shape index (κ2) is 5.93. The largest absolute Gasteiger partial charge is 0.322 e. The molecule has 0 bridgehead atoms. The lowest BCUT2D eigenvalue weighted by molar-refractivity contribution is 0.205. The average Bonchev–Trinajstić information content (AvgIpc) is 2.51. The van der Waals surface area contributed by atoms with Gasteiger partial charge in [-0.3, -0.25) is 0 Å². The van der Waals surface area contributed by atoms with Crippen LogP contribution in [0.1, 0.15) is 22.6 Å². The molecule has 2 aromatic rings. The predicted octanol–water partition coefficient (Wildman–Crippen LogP) is 3.34. The highest BCUT2D eigenvalue weighted by Gasteiger charge is 2.22. The number of hydrogen-bond donors (Lipinski definition) is 1. The van der Waals surface area contributed by atoms with Gasteiger partial charge in [-0.2, -0.15) is 0 Å². The van der Waals surface area contributed by atoms with E-state index in [-0.39, 0.29) is 6.03 Å². The Balaban J connectivity index is 1.74. The third-order valence-corrected chi connectivity index (χ3v) is 4.26. The molecule has 1 aromatic carbocycles. The number of urea groups is 1. The number of aromatic nitrogens is 2. The van der Waals surface area contributed by atoms with Gasteiger partial charge in [-0.05, 0) is 31.5 Å². The quantitative estimate of drug-likeness (QED) is 0.878. The van der Waals surface area contributed by atoms with Gasteiger partial charge >= 0.3 is 6.03 Å². The maximum atomic E-state index is 12.4. The fourth-order valence-corrected chi connectivity index (χ4v) is 2.70.